The highest BCUT2D eigenvalue weighted by Crippen LogP contribution is 2.55. The van der Waals surface area contributed by atoms with Gasteiger partial charge in [0.05, 0.1) is 5.92 Å². The van der Waals surface area contributed by atoms with Gasteiger partial charge in [0.2, 0.25) is 11.8 Å². The molecule has 5 heteroatoms. The fraction of sp³-hybridized carbons (Fsp3) is 0.714. The predicted molar refractivity (Wildman–Crippen MR) is 132 cm³/mol. The van der Waals surface area contributed by atoms with E-state index in [1.807, 2.05) is 12.1 Å². The maximum Gasteiger partial charge on any atom is 0.234 e. The minimum Gasteiger partial charge on any atom is -0.385 e. The van der Waals surface area contributed by atoms with E-state index < -0.39 is 0 Å². The number of nitrogens with one attached hydrogen (secondary N) is 3. The third kappa shape index (κ3) is 5.62. The monoisotopic (exact) mass is 451 g/mol. The summed E-state index contributed by atoms with van der Waals surface area (Å²) in [6, 6.07) is 8.13. The quantitative estimate of drug-likeness (QED) is 0.322. The zero-order chi connectivity index (χ0) is 22.7. The van der Waals surface area contributed by atoms with Gasteiger partial charge in [-0.1, -0.05) is 31.4 Å². The first kappa shape index (κ1) is 22.9. The maximum absolute atomic E-state index is 12.0. The Kier molecular flexibility index (Phi) is 7.05. The second kappa shape index (κ2) is 10.2. The van der Waals surface area contributed by atoms with E-state index in [9.17, 15) is 9.59 Å². The van der Waals surface area contributed by atoms with E-state index in [0.29, 0.717) is 18.4 Å². The first-order valence-corrected chi connectivity index (χ1v) is 13.5. The number of carbonyl (C=O) groups is 2. The van der Waals surface area contributed by atoms with E-state index in [1.165, 1.54) is 77.2 Å². The van der Waals surface area contributed by atoms with Crippen molar-refractivity contribution >= 4 is 17.5 Å². The second-order valence-electron chi connectivity index (χ2n) is 11.4. The van der Waals surface area contributed by atoms with Crippen LogP contribution >= 0.6 is 0 Å². The molecule has 33 heavy (non-hydrogen) atoms. The van der Waals surface area contributed by atoms with Gasteiger partial charge in [-0.2, -0.15) is 0 Å². The van der Waals surface area contributed by atoms with E-state index in [-0.39, 0.29) is 17.7 Å². The van der Waals surface area contributed by atoms with Gasteiger partial charge >= 0.3 is 0 Å². The van der Waals surface area contributed by atoms with Crippen molar-refractivity contribution in [2.75, 3.05) is 18.4 Å². The minimum absolute atomic E-state index is 0.159. The Bertz CT molecular complexity index is 799. The molecule has 1 atom stereocenters. The SMILES string of the molecule is O=C1CCC(c2ccc(NCCCCCCCNC34CC5CC(CC(C5)C3)C4)cc2)C(=O)N1. The zero-order valence-electron chi connectivity index (χ0n) is 20.0. The largest absolute Gasteiger partial charge is 0.385 e. The number of benzene rings is 1. The van der Waals surface area contributed by atoms with Gasteiger partial charge in [-0.25, -0.2) is 0 Å². The molecule has 4 saturated carbocycles. The lowest BCUT2D eigenvalue weighted by Gasteiger charge is -2.57. The highest BCUT2D eigenvalue weighted by molar-refractivity contribution is 6.00. The van der Waals surface area contributed by atoms with Crippen molar-refractivity contribution in [3.63, 3.8) is 0 Å². The van der Waals surface area contributed by atoms with Crippen LogP contribution in [0.2, 0.25) is 0 Å². The molecular weight excluding hydrogens is 410 g/mol. The molecule has 1 aromatic carbocycles. The molecule has 5 nitrogen and oxygen atoms in total. The molecule has 2 amide bonds. The van der Waals surface area contributed by atoms with Crippen LogP contribution in [0, 0.1) is 17.8 Å². The van der Waals surface area contributed by atoms with Crippen molar-refractivity contribution in [2.45, 2.75) is 94.9 Å². The lowest BCUT2D eigenvalue weighted by molar-refractivity contribution is -0.134. The van der Waals surface area contributed by atoms with E-state index in [4.69, 9.17) is 0 Å². The van der Waals surface area contributed by atoms with E-state index in [1.54, 1.807) is 0 Å². The summed E-state index contributed by atoms with van der Waals surface area (Å²) in [5, 5.41) is 9.97. The number of unbranched alkanes of at least 4 members (excludes halogenated alkanes) is 4. The van der Waals surface area contributed by atoms with E-state index in [0.717, 1.165) is 35.5 Å². The van der Waals surface area contributed by atoms with Crippen molar-refractivity contribution in [2.24, 2.45) is 17.8 Å². The Balaban J connectivity index is 0.921. The fourth-order valence-electron chi connectivity index (χ4n) is 7.54. The lowest BCUT2D eigenvalue weighted by Crippen LogP contribution is -2.58. The first-order chi connectivity index (χ1) is 16.1. The second-order valence-corrected chi connectivity index (χ2v) is 11.4. The molecule has 1 saturated heterocycles. The number of rotatable bonds is 11. The lowest BCUT2D eigenvalue weighted by atomic mass is 9.53. The van der Waals surface area contributed by atoms with Crippen LogP contribution in [0.4, 0.5) is 5.69 Å². The molecule has 0 spiro atoms. The first-order valence-electron chi connectivity index (χ1n) is 13.5. The van der Waals surface area contributed by atoms with Crippen LogP contribution in [0.1, 0.15) is 95.0 Å². The summed E-state index contributed by atoms with van der Waals surface area (Å²) in [6.07, 6.45) is 16.4. The molecular formula is C28H41N3O2. The molecule has 4 aliphatic carbocycles. The normalized spacial score (nSPS) is 32.7. The summed E-state index contributed by atoms with van der Waals surface area (Å²) in [5.74, 6) is 2.57. The molecule has 4 bridgehead atoms. The number of piperidine rings is 1. The van der Waals surface area contributed by atoms with Gasteiger partial charge in [0.25, 0.3) is 0 Å². The average Bonchev–Trinajstić information content (AvgIpc) is 2.78. The minimum atomic E-state index is -0.200. The Morgan fingerprint density at radius 3 is 2.06 bits per heavy atom. The van der Waals surface area contributed by atoms with Gasteiger partial charge in [-0.3, -0.25) is 14.9 Å². The molecule has 6 rings (SSSR count). The highest BCUT2D eigenvalue weighted by atomic mass is 16.2. The van der Waals surface area contributed by atoms with Crippen LogP contribution in [0.15, 0.2) is 24.3 Å². The van der Waals surface area contributed by atoms with Crippen molar-refractivity contribution in [1.29, 1.82) is 0 Å². The predicted octanol–water partition coefficient (Wildman–Crippen LogP) is 5.13. The number of imide groups is 1. The Morgan fingerprint density at radius 2 is 1.42 bits per heavy atom. The molecule has 1 heterocycles. The Labute approximate surface area is 198 Å². The smallest absolute Gasteiger partial charge is 0.234 e. The Morgan fingerprint density at radius 1 is 0.818 bits per heavy atom. The van der Waals surface area contributed by atoms with Gasteiger partial charge in [0, 0.05) is 24.2 Å². The number of hydrogen-bond acceptors (Lipinski definition) is 4. The number of carbonyl (C=O) groups excluding carboxylic acids is 2. The molecule has 180 valence electrons. The van der Waals surface area contributed by atoms with Crippen molar-refractivity contribution in [3.05, 3.63) is 29.8 Å². The van der Waals surface area contributed by atoms with Crippen molar-refractivity contribution in [1.82, 2.24) is 10.6 Å². The fourth-order valence-corrected chi connectivity index (χ4v) is 7.54. The van der Waals surface area contributed by atoms with E-state index >= 15 is 0 Å². The molecule has 5 aliphatic rings. The topological polar surface area (TPSA) is 70.2 Å². The van der Waals surface area contributed by atoms with Crippen molar-refractivity contribution < 1.29 is 9.59 Å². The highest BCUT2D eigenvalue weighted by Gasteiger charge is 2.50. The third-order valence-corrected chi connectivity index (χ3v) is 8.77. The summed E-state index contributed by atoms with van der Waals surface area (Å²) >= 11 is 0. The average molecular weight is 452 g/mol. The van der Waals surface area contributed by atoms with Crippen LogP contribution in [0.25, 0.3) is 0 Å². The third-order valence-electron chi connectivity index (χ3n) is 8.77. The number of anilines is 1. The summed E-state index contributed by atoms with van der Waals surface area (Å²) in [7, 11) is 0. The standard InChI is InChI=1S/C28H41N3O2/c32-26-11-10-25(27(33)31-26)23-6-8-24(9-7-23)29-12-4-2-1-3-5-13-30-28-17-20-14-21(18-28)16-22(15-20)19-28/h6-9,20-22,25,29-30H,1-5,10-19H2,(H,31,32,33). The van der Waals surface area contributed by atoms with Gasteiger partial charge in [0.1, 0.15) is 0 Å². The van der Waals surface area contributed by atoms with Crippen LogP contribution in [0.3, 0.4) is 0 Å². The summed E-state index contributed by atoms with van der Waals surface area (Å²) < 4.78 is 0. The van der Waals surface area contributed by atoms with Gasteiger partial charge in [-0.15, -0.1) is 0 Å². The van der Waals surface area contributed by atoms with Gasteiger partial charge in [0.15, 0.2) is 0 Å². The van der Waals surface area contributed by atoms with Crippen LogP contribution < -0.4 is 16.0 Å². The molecule has 0 aromatic heterocycles. The van der Waals surface area contributed by atoms with Crippen molar-refractivity contribution in [3.8, 4) is 0 Å². The summed E-state index contributed by atoms with van der Waals surface area (Å²) in [6.45, 7) is 2.20. The molecule has 3 N–H and O–H groups in total. The molecule has 1 aliphatic heterocycles. The van der Waals surface area contributed by atoms with Crippen LogP contribution in [0.5, 0.6) is 0 Å². The Hall–Kier alpha value is -1.88. The van der Waals surface area contributed by atoms with E-state index in [2.05, 4.69) is 28.1 Å². The molecule has 1 aromatic rings. The number of amides is 2. The molecule has 5 fully saturated rings. The van der Waals surface area contributed by atoms with Crippen LogP contribution in [-0.4, -0.2) is 30.4 Å². The molecule has 1 unspecified atom stereocenters. The number of hydrogen-bond donors (Lipinski definition) is 3. The van der Waals surface area contributed by atoms with Crippen LogP contribution in [-0.2, 0) is 9.59 Å². The zero-order valence-corrected chi connectivity index (χ0v) is 20.0. The maximum atomic E-state index is 12.0. The summed E-state index contributed by atoms with van der Waals surface area (Å²) in [4.78, 5) is 23.3. The van der Waals surface area contributed by atoms with Gasteiger partial charge in [-0.05, 0) is 99.8 Å². The van der Waals surface area contributed by atoms with Gasteiger partial charge < -0.3 is 10.6 Å². The molecule has 0 radical (unpaired) electrons. The summed E-state index contributed by atoms with van der Waals surface area (Å²) in [5.41, 5.74) is 2.62.